The highest BCUT2D eigenvalue weighted by molar-refractivity contribution is 8.16. The molecule has 0 unspecified atom stereocenters. The first kappa shape index (κ1) is 8.99. The molecule has 0 aromatic carbocycles. The minimum atomic E-state index is 0.273. The predicted octanol–water partition coefficient (Wildman–Crippen LogP) is 1.41. The molecule has 0 radical (unpaired) electrons. The molecule has 0 spiro atoms. The van der Waals surface area contributed by atoms with Gasteiger partial charge in [-0.05, 0) is 12.5 Å². The van der Waals surface area contributed by atoms with Crippen molar-refractivity contribution >= 4 is 23.5 Å². The zero-order valence-electron chi connectivity index (χ0n) is 5.79. The third-order valence-electron chi connectivity index (χ3n) is 0.877. The molecular weight excluding hydrogens is 152 g/mol. The quantitative estimate of drug-likeness (QED) is 0.356. The predicted molar refractivity (Wildman–Crippen MR) is 44.2 cm³/mol. The number of rotatable bonds is 3. The summed E-state index contributed by atoms with van der Waals surface area (Å²) in [5.41, 5.74) is 0. The second kappa shape index (κ2) is 4.83. The molecular formula is C5H10N2S2. The summed E-state index contributed by atoms with van der Waals surface area (Å²) in [5, 5.41) is 8.42. The monoisotopic (exact) mass is 162 g/mol. The molecule has 0 aliphatic carbocycles. The first-order valence-corrected chi connectivity index (χ1v) is 5.02. The lowest BCUT2D eigenvalue weighted by Crippen LogP contribution is -2.19. The summed E-state index contributed by atoms with van der Waals surface area (Å²) in [7, 11) is 1.79. The van der Waals surface area contributed by atoms with Gasteiger partial charge in [-0.15, -0.1) is 23.5 Å². The van der Waals surface area contributed by atoms with Gasteiger partial charge in [0.1, 0.15) is 4.71 Å². The van der Waals surface area contributed by atoms with Gasteiger partial charge in [0.15, 0.2) is 6.19 Å². The van der Waals surface area contributed by atoms with Crippen LogP contribution in [0.1, 0.15) is 0 Å². The second-order valence-corrected chi connectivity index (χ2v) is 3.62. The van der Waals surface area contributed by atoms with Gasteiger partial charge >= 0.3 is 0 Å². The van der Waals surface area contributed by atoms with Crippen LogP contribution in [-0.4, -0.2) is 29.2 Å². The Labute approximate surface area is 64.6 Å². The summed E-state index contributed by atoms with van der Waals surface area (Å²) in [4.78, 5) is 1.63. The van der Waals surface area contributed by atoms with Crippen molar-refractivity contribution in [2.24, 2.45) is 0 Å². The van der Waals surface area contributed by atoms with Gasteiger partial charge in [0.05, 0.1) is 0 Å². The minimum absolute atomic E-state index is 0.273. The Bertz CT molecular complexity index is 106. The summed E-state index contributed by atoms with van der Waals surface area (Å²) in [6.45, 7) is 0. The third-order valence-corrected chi connectivity index (χ3v) is 3.47. The zero-order valence-corrected chi connectivity index (χ0v) is 7.42. The molecule has 0 N–H and O–H groups in total. The van der Waals surface area contributed by atoms with E-state index in [1.54, 1.807) is 35.5 Å². The van der Waals surface area contributed by atoms with Crippen molar-refractivity contribution in [1.29, 1.82) is 5.26 Å². The van der Waals surface area contributed by atoms with Gasteiger partial charge in [0.2, 0.25) is 0 Å². The molecule has 0 atom stereocenters. The molecule has 9 heavy (non-hydrogen) atoms. The van der Waals surface area contributed by atoms with Crippen molar-refractivity contribution < 1.29 is 0 Å². The molecule has 0 heterocycles. The minimum Gasteiger partial charge on any atom is -0.292 e. The van der Waals surface area contributed by atoms with Crippen LogP contribution in [0.4, 0.5) is 0 Å². The average molecular weight is 162 g/mol. The van der Waals surface area contributed by atoms with E-state index in [4.69, 9.17) is 5.26 Å². The molecule has 0 fully saturated rings. The molecule has 0 saturated heterocycles. The Hall–Kier alpha value is -0.0100. The number of hydrogen-bond donors (Lipinski definition) is 0. The maximum Gasteiger partial charge on any atom is 0.180 e. The lowest BCUT2D eigenvalue weighted by atomic mass is 11.0. The number of thioether (sulfide) groups is 2. The van der Waals surface area contributed by atoms with Crippen LogP contribution in [0.15, 0.2) is 0 Å². The standard InChI is InChI=1S/C5H10N2S2/c1-7(4-6)5(8-2)9-3/h5H,1-3H3. The Morgan fingerprint density at radius 2 is 1.89 bits per heavy atom. The van der Waals surface area contributed by atoms with Gasteiger partial charge in [0, 0.05) is 7.05 Å². The van der Waals surface area contributed by atoms with E-state index in [1.165, 1.54) is 0 Å². The Morgan fingerprint density at radius 1 is 1.44 bits per heavy atom. The van der Waals surface area contributed by atoms with Gasteiger partial charge in [-0.2, -0.15) is 5.26 Å². The fourth-order valence-corrected chi connectivity index (χ4v) is 1.96. The maximum atomic E-state index is 8.42. The summed E-state index contributed by atoms with van der Waals surface area (Å²) >= 11 is 3.34. The number of hydrogen-bond acceptors (Lipinski definition) is 4. The molecule has 4 heteroatoms. The second-order valence-electron chi connectivity index (χ2n) is 1.49. The fourth-order valence-electron chi connectivity index (χ4n) is 0.460. The molecule has 0 rings (SSSR count). The SMILES string of the molecule is CSC(SC)N(C)C#N. The third kappa shape index (κ3) is 2.87. The van der Waals surface area contributed by atoms with Crippen LogP contribution >= 0.6 is 23.5 Å². The highest BCUT2D eigenvalue weighted by atomic mass is 32.2. The van der Waals surface area contributed by atoms with Gasteiger partial charge in [0.25, 0.3) is 0 Å². The van der Waals surface area contributed by atoms with Crippen LogP contribution in [0.25, 0.3) is 0 Å². The van der Waals surface area contributed by atoms with E-state index in [0.717, 1.165) is 0 Å². The summed E-state index contributed by atoms with van der Waals surface area (Å²) in [6.07, 6.45) is 6.05. The van der Waals surface area contributed by atoms with Crippen molar-refractivity contribution in [2.45, 2.75) is 4.71 Å². The lowest BCUT2D eigenvalue weighted by Gasteiger charge is -2.17. The van der Waals surface area contributed by atoms with Crippen molar-refractivity contribution in [3.05, 3.63) is 0 Å². The Balaban J connectivity index is 3.67. The van der Waals surface area contributed by atoms with Crippen molar-refractivity contribution in [3.8, 4) is 6.19 Å². The molecule has 0 amide bonds. The Kier molecular flexibility index (Phi) is 4.83. The van der Waals surface area contributed by atoms with E-state index in [2.05, 4.69) is 6.19 Å². The first-order chi connectivity index (χ1) is 4.26. The molecule has 0 aromatic rings. The molecule has 0 aromatic heterocycles. The average Bonchev–Trinajstić information content (AvgIpc) is 1.90. The fraction of sp³-hybridized carbons (Fsp3) is 0.800. The largest absolute Gasteiger partial charge is 0.292 e. The van der Waals surface area contributed by atoms with Gasteiger partial charge in [-0.25, -0.2) is 0 Å². The van der Waals surface area contributed by atoms with E-state index in [0.29, 0.717) is 0 Å². The smallest absolute Gasteiger partial charge is 0.180 e. The lowest BCUT2D eigenvalue weighted by molar-refractivity contribution is 0.535. The van der Waals surface area contributed by atoms with Crippen LogP contribution in [0.3, 0.4) is 0 Å². The van der Waals surface area contributed by atoms with E-state index in [1.807, 2.05) is 12.5 Å². The maximum absolute atomic E-state index is 8.42. The summed E-state index contributed by atoms with van der Waals surface area (Å²) in [6, 6.07) is 0. The molecule has 2 nitrogen and oxygen atoms in total. The van der Waals surface area contributed by atoms with Crippen molar-refractivity contribution in [1.82, 2.24) is 4.90 Å². The summed E-state index contributed by atoms with van der Waals surface area (Å²) < 4.78 is 0.273. The van der Waals surface area contributed by atoms with E-state index in [-0.39, 0.29) is 4.71 Å². The zero-order chi connectivity index (χ0) is 7.28. The van der Waals surface area contributed by atoms with Crippen LogP contribution in [0, 0.1) is 11.5 Å². The van der Waals surface area contributed by atoms with E-state index in [9.17, 15) is 0 Å². The first-order valence-electron chi connectivity index (χ1n) is 2.44. The highest BCUT2D eigenvalue weighted by Crippen LogP contribution is 2.20. The van der Waals surface area contributed by atoms with Crippen LogP contribution in [0.2, 0.25) is 0 Å². The van der Waals surface area contributed by atoms with E-state index >= 15 is 0 Å². The molecule has 0 bridgehead atoms. The van der Waals surface area contributed by atoms with Gasteiger partial charge in [-0.1, -0.05) is 0 Å². The van der Waals surface area contributed by atoms with E-state index < -0.39 is 0 Å². The normalized spacial score (nSPS) is 9.22. The van der Waals surface area contributed by atoms with Crippen molar-refractivity contribution in [2.75, 3.05) is 19.6 Å². The molecule has 52 valence electrons. The molecule has 0 aliphatic heterocycles. The van der Waals surface area contributed by atoms with Crippen LogP contribution in [0.5, 0.6) is 0 Å². The Morgan fingerprint density at radius 3 is 2.00 bits per heavy atom. The van der Waals surface area contributed by atoms with Crippen molar-refractivity contribution in [3.63, 3.8) is 0 Å². The van der Waals surface area contributed by atoms with Crippen LogP contribution in [-0.2, 0) is 0 Å². The van der Waals surface area contributed by atoms with Gasteiger partial charge < -0.3 is 0 Å². The number of nitriles is 1. The molecule has 0 aliphatic rings. The summed E-state index contributed by atoms with van der Waals surface area (Å²) in [5.74, 6) is 0. The van der Waals surface area contributed by atoms with Gasteiger partial charge in [-0.3, -0.25) is 4.90 Å². The number of nitrogens with zero attached hydrogens (tertiary/aromatic N) is 2. The highest BCUT2D eigenvalue weighted by Gasteiger charge is 2.07. The van der Waals surface area contributed by atoms with Crippen LogP contribution < -0.4 is 0 Å². The molecule has 0 saturated carbocycles. The topological polar surface area (TPSA) is 27.0 Å².